The molecular formula is C26H32FN5O5. The standard InChI is InChI=1S/C26H32FN5O5/c1-3-37-26(36)19-9-13-30(14-10-19)24(34)17(2)28-23(33)21-15-22-25(35)31(11-4-12-32(22)29-21)16-18-5-7-20(27)8-6-18/h5-8,15,17,19H,3-4,9-14,16H2,1-2H3,(H,28,33)/t17-/m0/s1. The third kappa shape index (κ3) is 6.15. The van der Waals surface area contributed by atoms with E-state index in [4.69, 9.17) is 4.74 Å². The molecule has 4 rings (SSSR count). The quantitative estimate of drug-likeness (QED) is 0.567. The van der Waals surface area contributed by atoms with Crippen LogP contribution in [0.1, 0.15) is 59.7 Å². The largest absolute Gasteiger partial charge is 0.466 e. The van der Waals surface area contributed by atoms with E-state index in [0.29, 0.717) is 64.3 Å². The number of likely N-dealkylation sites (tertiary alicyclic amines) is 1. The number of aromatic nitrogens is 2. The van der Waals surface area contributed by atoms with Gasteiger partial charge in [0.1, 0.15) is 17.6 Å². The Labute approximate surface area is 214 Å². The van der Waals surface area contributed by atoms with Crippen LogP contribution in [0.25, 0.3) is 0 Å². The number of nitrogens with one attached hydrogen (secondary N) is 1. The highest BCUT2D eigenvalue weighted by Gasteiger charge is 2.32. The van der Waals surface area contributed by atoms with Crippen molar-refractivity contribution in [2.75, 3.05) is 26.2 Å². The van der Waals surface area contributed by atoms with E-state index in [1.54, 1.807) is 35.8 Å². The van der Waals surface area contributed by atoms with Gasteiger partial charge in [0.25, 0.3) is 11.8 Å². The summed E-state index contributed by atoms with van der Waals surface area (Å²) in [6.07, 6.45) is 1.70. The molecule has 3 heterocycles. The Balaban J connectivity index is 1.35. The number of ether oxygens (including phenoxy) is 1. The lowest BCUT2D eigenvalue weighted by Crippen LogP contribution is -2.50. The van der Waals surface area contributed by atoms with E-state index >= 15 is 0 Å². The molecule has 3 amide bonds. The number of fused-ring (bicyclic) bond motifs is 1. The molecule has 1 aromatic carbocycles. The summed E-state index contributed by atoms with van der Waals surface area (Å²) >= 11 is 0. The van der Waals surface area contributed by atoms with Crippen LogP contribution in [-0.4, -0.2) is 75.6 Å². The first kappa shape index (κ1) is 26.3. The fraction of sp³-hybridized carbons (Fsp3) is 0.500. The van der Waals surface area contributed by atoms with E-state index in [2.05, 4.69) is 10.4 Å². The van der Waals surface area contributed by atoms with Crippen molar-refractivity contribution in [1.29, 1.82) is 0 Å². The first-order valence-electron chi connectivity index (χ1n) is 12.6. The molecule has 2 aliphatic heterocycles. The average Bonchev–Trinajstić information content (AvgIpc) is 3.27. The Hall–Kier alpha value is -3.76. The molecule has 198 valence electrons. The number of hydrogen-bond donors (Lipinski definition) is 1. The number of aryl methyl sites for hydroxylation is 1. The van der Waals surface area contributed by atoms with Crippen LogP contribution in [0.5, 0.6) is 0 Å². The minimum absolute atomic E-state index is 0.0626. The Morgan fingerprint density at radius 3 is 2.51 bits per heavy atom. The second kappa shape index (κ2) is 11.5. The first-order chi connectivity index (χ1) is 17.8. The van der Waals surface area contributed by atoms with Crippen LogP contribution < -0.4 is 5.32 Å². The first-order valence-corrected chi connectivity index (χ1v) is 12.6. The van der Waals surface area contributed by atoms with Gasteiger partial charge < -0.3 is 19.9 Å². The van der Waals surface area contributed by atoms with Gasteiger partial charge in [-0.3, -0.25) is 23.9 Å². The van der Waals surface area contributed by atoms with Gasteiger partial charge in [-0.1, -0.05) is 12.1 Å². The van der Waals surface area contributed by atoms with E-state index in [1.807, 2.05) is 0 Å². The normalized spacial score (nSPS) is 17.1. The highest BCUT2D eigenvalue weighted by atomic mass is 19.1. The van der Waals surface area contributed by atoms with Gasteiger partial charge in [0, 0.05) is 38.8 Å². The maximum absolute atomic E-state index is 13.2. The lowest BCUT2D eigenvalue weighted by molar-refractivity contribution is -0.151. The number of nitrogens with zero attached hydrogens (tertiary/aromatic N) is 4. The van der Waals surface area contributed by atoms with Gasteiger partial charge >= 0.3 is 5.97 Å². The number of carbonyl (C=O) groups is 4. The zero-order valence-corrected chi connectivity index (χ0v) is 21.1. The molecule has 1 saturated heterocycles. The summed E-state index contributed by atoms with van der Waals surface area (Å²) in [4.78, 5) is 54.2. The maximum atomic E-state index is 13.2. The third-order valence-electron chi connectivity index (χ3n) is 6.75. The van der Waals surface area contributed by atoms with Gasteiger partial charge in [0.15, 0.2) is 5.69 Å². The number of halogens is 1. The minimum Gasteiger partial charge on any atom is -0.466 e. The molecule has 1 fully saturated rings. The van der Waals surface area contributed by atoms with E-state index in [1.165, 1.54) is 22.9 Å². The fourth-order valence-corrected chi connectivity index (χ4v) is 4.71. The summed E-state index contributed by atoms with van der Waals surface area (Å²) in [5, 5.41) is 7.00. The molecule has 2 aliphatic rings. The molecule has 1 atom stereocenters. The molecule has 0 unspecified atom stereocenters. The van der Waals surface area contributed by atoms with E-state index in [-0.39, 0.29) is 35.2 Å². The van der Waals surface area contributed by atoms with E-state index < -0.39 is 11.9 Å². The molecular weight excluding hydrogens is 481 g/mol. The van der Waals surface area contributed by atoms with Crippen LogP contribution in [0.15, 0.2) is 30.3 Å². The molecule has 0 spiro atoms. The van der Waals surface area contributed by atoms with Gasteiger partial charge in [0.05, 0.1) is 12.5 Å². The molecule has 0 aliphatic carbocycles. The predicted molar refractivity (Wildman–Crippen MR) is 131 cm³/mol. The van der Waals surface area contributed by atoms with E-state index in [0.717, 1.165) is 5.56 Å². The van der Waals surface area contributed by atoms with Crippen LogP contribution in [0.2, 0.25) is 0 Å². The zero-order valence-electron chi connectivity index (χ0n) is 21.1. The number of benzene rings is 1. The van der Waals surface area contributed by atoms with Crippen LogP contribution in [0, 0.1) is 11.7 Å². The fourth-order valence-electron chi connectivity index (χ4n) is 4.71. The summed E-state index contributed by atoms with van der Waals surface area (Å²) in [7, 11) is 0. The Morgan fingerprint density at radius 2 is 1.84 bits per heavy atom. The summed E-state index contributed by atoms with van der Waals surface area (Å²) < 4.78 is 19.8. The Bertz CT molecular complexity index is 1160. The highest BCUT2D eigenvalue weighted by molar-refractivity contribution is 5.99. The number of rotatable bonds is 7. The molecule has 0 bridgehead atoms. The zero-order chi connectivity index (χ0) is 26.5. The smallest absolute Gasteiger partial charge is 0.309 e. The molecule has 1 N–H and O–H groups in total. The average molecular weight is 514 g/mol. The highest BCUT2D eigenvalue weighted by Crippen LogP contribution is 2.20. The number of hydrogen-bond acceptors (Lipinski definition) is 6. The second-order valence-corrected chi connectivity index (χ2v) is 9.39. The lowest BCUT2D eigenvalue weighted by Gasteiger charge is -2.32. The van der Waals surface area contributed by atoms with Gasteiger partial charge in [-0.15, -0.1) is 0 Å². The van der Waals surface area contributed by atoms with Crippen molar-refractivity contribution in [3.63, 3.8) is 0 Å². The van der Waals surface area contributed by atoms with Crippen LogP contribution in [0.4, 0.5) is 4.39 Å². The number of esters is 1. The van der Waals surface area contributed by atoms with Crippen molar-refractivity contribution in [3.05, 3.63) is 53.1 Å². The monoisotopic (exact) mass is 513 g/mol. The SMILES string of the molecule is CCOC(=O)C1CCN(C(=O)[C@H](C)NC(=O)c2cc3n(n2)CCCN(Cc2ccc(F)cc2)C3=O)CC1. The lowest BCUT2D eigenvalue weighted by atomic mass is 9.96. The molecule has 10 nitrogen and oxygen atoms in total. The Morgan fingerprint density at radius 1 is 1.14 bits per heavy atom. The maximum Gasteiger partial charge on any atom is 0.309 e. The molecule has 0 radical (unpaired) electrons. The topological polar surface area (TPSA) is 114 Å². The van der Waals surface area contributed by atoms with Crippen molar-refractivity contribution in [2.45, 2.75) is 52.2 Å². The number of piperidine rings is 1. The molecule has 0 saturated carbocycles. The molecule has 11 heteroatoms. The van der Waals surface area contributed by atoms with Crippen LogP contribution in [-0.2, 0) is 27.4 Å². The van der Waals surface area contributed by atoms with Crippen molar-refractivity contribution in [1.82, 2.24) is 24.9 Å². The van der Waals surface area contributed by atoms with Crippen molar-refractivity contribution >= 4 is 23.7 Å². The van der Waals surface area contributed by atoms with Crippen molar-refractivity contribution in [2.24, 2.45) is 5.92 Å². The molecule has 2 aromatic rings. The van der Waals surface area contributed by atoms with Gasteiger partial charge in [0.2, 0.25) is 5.91 Å². The summed E-state index contributed by atoms with van der Waals surface area (Å²) in [5.41, 5.74) is 1.16. The Kier molecular flexibility index (Phi) is 8.20. The summed E-state index contributed by atoms with van der Waals surface area (Å²) in [6, 6.07) is 6.65. The van der Waals surface area contributed by atoms with Gasteiger partial charge in [-0.05, 0) is 50.8 Å². The second-order valence-electron chi connectivity index (χ2n) is 9.39. The summed E-state index contributed by atoms with van der Waals surface area (Å²) in [5.74, 6) is -1.83. The third-order valence-corrected chi connectivity index (χ3v) is 6.75. The van der Waals surface area contributed by atoms with Gasteiger partial charge in [-0.25, -0.2) is 4.39 Å². The molecule has 1 aromatic heterocycles. The minimum atomic E-state index is -0.793. The van der Waals surface area contributed by atoms with Gasteiger partial charge in [-0.2, -0.15) is 5.10 Å². The van der Waals surface area contributed by atoms with Crippen molar-refractivity contribution in [3.8, 4) is 0 Å². The van der Waals surface area contributed by atoms with E-state index in [9.17, 15) is 23.6 Å². The predicted octanol–water partition coefficient (Wildman–Crippen LogP) is 1.99. The van der Waals surface area contributed by atoms with Crippen LogP contribution >= 0.6 is 0 Å². The number of carbonyl (C=O) groups excluding carboxylic acids is 4. The van der Waals surface area contributed by atoms with Crippen molar-refractivity contribution < 1.29 is 28.3 Å². The number of amides is 3. The van der Waals surface area contributed by atoms with Crippen LogP contribution in [0.3, 0.4) is 0 Å². The molecule has 37 heavy (non-hydrogen) atoms. The summed E-state index contributed by atoms with van der Waals surface area (Å²) in [6.45, 7) is 5.84.